The first-order valence-corrected chi connectivity index (χ1v) is 13.7. The number of aliphatic hydroxyl groups is 1. The van der Waals surface area contributed by atoms with Crippen LogP contribution in [0.1, 0.15) is 120 Å². The highest BCUT2D eigenvalue weighted by atomic mass is 16.3. The second-order valence-corrected chi connectivity index (χ2v) is 14.6. The summed E-state index contributed by atoms with van der Waals surface area (Å²) < 4.78 is 0. The van der Waals surface area contributed by atoms with Gasteiger partial charge in [0.1, 0.15) is 0 Å². The topological polar surface area (TPSA) is 20.2 Å². The summed E-state index contributed by atoms with van der Waals surface area (Å²) in [6.07, 6.45) is 13.2. The van der Waals surface area contributed by atoms with Crippen molar-refractivity contribution >= 4 is 0 Å². The van der Waals surface area contributed by atoms with Crippen molar-refractivity contribution in [2.24, 2.45) is 50.7 Å². The van der Waals surface area contributed by atoms with E-state index in [-0.39, 0.29) is 11.5 Å². The molecule has 0 saturated heterocycles. The van der Waals surface area contributed by atoms with Gasteiger partial charge < -0.3 is 5.11 Å². The van der Waals surface area contributed by atoms with Gasteiger partial charge in [0.25, 0.3) is 0 Å². The van der Waals surface area contributed by atoms with Crippen LogP contribution in [-0.4, -0.2) is 11.2 Å². The molecule has 5 rings (SSSR count). The minimum Gasteiger partial charge on any atom is -0.393 e. The minimum atomic E-state index is -0.126. The fraction of sp³-hybridized carbons (Fsp3) is 0.933. The SMILES string of the molecule is CC(C)[C@H]1CC[C@@H]2[C@]1(C)CC[C@]1(C)C3=C(CC[C@@]21C)[C@@]1(C)CC[C@H](O)C(C)(C)[C@@H]1CC3. The molecule has 0 aliphatic heterocycles. The van der Waals surface area contributed by atoms with Crippen molar-refractivity contribution in [1.29, 1.82) is 0 Å². The first-order chi connectivity index (χ1) is 14.3. The van der Waals surface area contributed by atoms with E-state index < -0.39 is 0 Å². The molecule has 0 radical (unpaired) electrons. The molecule has 0 aromatic carbocycles. The first kappa shape index (κ1) is 22.5. The smallest absolute Gasteiger partial charge is 0.0594 e. The van der Waals surface area contributed by atoms with E-state index in [1.807, 2.05) is 11.1 Å². The lowest BCUT2D eigenvalue weighted by Gasteiger charge is -2.67. The number of hydrogen-bond donors (Lipinski definition) is 1. The third-order valence-electron chi connectivity index (χ3n) is 13.2. The van der Waals surface area contributed by atoms with Crippen LogP contribution < -0.4 is 0 Å². The minimum absolute atomic E-state index is 0.0499. The molecule has 3 fully saturated rings. The zero-order valence-electron chi connectivity index (χ0n) is 21.9. The van der Waals surface area contributed by atoms with Crippen LogP contribution in [0, 0.1) is 50.7 Å². The van der Waals surface area contributed by atoms with Gasteiger partial charge in [0.15, 0.2) is 0 Å². The Labute approximate surface area is 192 Å². The van der Waals surface area contributed by atoms with E-state index in [2.05, 4.69) is 55.4 Å². The van der Waals surface area contributed by atoms with Gasteiger partial charge in [-0.25, -0.2) is 0 Å². The Morgan fingerprint density at radius 2 is 1.45 bits per heavy atom. The highest BCUT2D eigenvalue weighted by Gasteiger charge is 2.67. The quantitative estimate of drug-likeness (QED) is 0.419. The standard InChI is InChI=1S/C30H50O/c1-19(2)20-9-12-24-28(20,6)17-18-29(7)22-10-11-23-26(3,4)25(31)14-15-27(23,5)21(22)13-16-30(24,29)8/h19-20,23-25,31H,9-18H2,1-8H3/t20-,23+,24-,25+,27-,28-,29-,30+/m1/s1. The molecule has 5 aliphatic carbocycles. The summed E-state index contributed by atoms with van der Waals surface area (Å²) in [5.74, 6) is 3.28. The summed E-state index contributed by atoms with van der Waals surface area (Å²) in [4.78, 5) is 0. The van der Waals surface area contributed by atoms with E-state index in [0.717, 1.165) is 24.2 Å². The van der Waals surface area contributed by atoms with Crippen LogP contribution in [0.15, 0.2) is 11.1 Å². The Morgan fingerprint density at radius 3 is 2.13 bits per heavy atom. The van der Waals surface area contributed by atoms with Crippen LogP contribution in [0.2, 0.25) is 0 Å². The van der Waals surface area contributed by atoms with Crippen LogP contribution >= 0.6 is 0 Å². The molecular formula is C30H50O. The van der Waals surface area contributed by atoms with E-state index in [1.165, 1.54) is 57.8 Å². The van der Waals surface area contributed by atoms with E-state index >= 15 is 0 Å². The van der Waals surface area contributed by atoms with Gasteiger partial charge in [0, 0.05) is 0 Å². The molecule has 5 aliphatic rings. The Bertz CT molecular complexity index is 790. The molecule has 0 aromatic heterocycles. The fourth-order valence-electron chi connectivity index (χ4n) is 11.2. The van der Waals surface area contributed by atoms with E-state index in [1.54, 1.807) is 0 Å². The summed E-state index contributed by atoms with van der Waals surface area (Å²) >= 11 is 0. The highest BCUT2D eigenvalue weighted by Crippen LogP contribution is 2.75. The van der Waals surface area contributed by atoms with Crippen molar-refractivity contribution in [1.82, 2.24) is 0 Å². The van der Waals surface area contributed by atoms with Crippen molar-refractivity contribution in [3.05, 3.63) is 11.1 Å². The molecule has 3 saturated carbocycles. The van der Waals surface area contributed by atoms with Crippen LogP contribution in [0.4, 0.5) is 0 Å². The average Bonchev–Trinajstić information content (AvgIpc) is 3.05. The maximum atomic E-state index is 10.9. The number of rotatable bonds is 1. The van der Waals surface area contributed by atoms with Crippen LogP contribution in [0.3, 0.4) is 0 Å². The monoisotopic (exact) mass is 426 g/mol. The second-order valence-electron chi connectivity index (χ2n) is 14.6. The number of allylic oxidation sites excluding steroid dienone is 2. The maximum absolute atomic E-state index is 10.9. The zero-order valence-corrected chi connectivity index (χ0v) is 21.9. The van der Waals surface area contributed by atoms with Gasteiger partial charge in [-0.3, -0.25) is 0 Å². The summed E-state index contributed by atoms with van der Waals surface area (Å²) in [6, 6.07) is 0. The molecule has 0 bridgehead atoms. The molecule has 0 unspecified atom stereocenters. The van der Waals surface area contributed by atoms with Crippen molar-refractivity contribution in [2.75, 3.05) is 0 Å². The van der Waals surface area contributed by atoms with Gasteiger partial charge in [-0.15, -0.1) is 0 Å². The summed E-state index contributed by atoms with van der Waals surface area (Å²) in [5, 5.41) is 10.9. The fourth-order valence-corrected chi connectivity index (χ4v) is 11.2. The zero-order chi connectivity index (χ0) is 22.6. The molecule has 0 heterocycles. The molecule has 0 spiro atoms. The lowest BCUT2D eigenvalue weighted by molar-refractivity contribution is -0.127. The molecule has 1 nitrogen and oxygen atoms in total. The number of aliphatic hydroxyl groups excluding tert-OH is 1. The first-order valence-electron chi connectivity index (χ1n) is 13.7. The number of hydrogen-bond acceptors (Lipinski definition) is 1. The number of fused-ring (bicyclic) bond motifs is 6. The van der Waals surface area contributed by atoms with E-state index in [9.17, 15) is 5.11 Å². The molecule has 31 heavy (non-hydrogen) atoms. The molecular weight excluding hydrogens is 376 g/mol. The Morgan fingerprint density at radius 1 is 0.742 bits per heavy atom. The summed E-state index contributed by atoms with van der Waals surface area (Å²) in [5.41, 5.74) is 5.55. The molecule has 1 N–H and O–H groups in total. The normalized spacial score (nSPS) is 53.6. The van der Waals surface area contributed by atoms with Gasteiger partial charge in [0.05, 0.1) is 6.10 Å². The van der Waals surface area contributed by atoms with Crippen molar-refractivity contribution in [3.8, 4) is 0 Å². The maximum Gasteiger partial charge on any atom is 0.0594 e. The summed E-state index contributed by atoms with van der Waals surface area (Å²) in [7, 11) is 0. The average molecular weight is 427 g/mol. The lowest BCUT2D eigenvalue weighted by Crippen LogP contribution is -2.59. The van der Waals surface area contributed by atoms with Gasteiger partial charge in [0.2, 0.25) is 0 Å². The van der Waals surface area contributed by atoms with E-state index in [0.29, 0.717) is 27.6 Å². The predicted molar refractivity (Wildman–Crippen MR) is 131 cm³/mol. The van der Waals surface area contributed by atoms with Gasteiger partial charge in [-0.05, 0) is 115 Å². The van der Waals surface area contributed by atoms with Crippen LogP contribution in [-0.2, 0) is 0 Å². The Balaban J connectivity index is 1.57. The van der Waals surface area contributed by atoms with Crippen LogP contribution in [0.25, 0.3) is 0 Å². The molecule has 8 atom stereocenters. The molecule has 1 heteroatoms. The molecule has 0 aromatic rings. The highest BCUT2D eigenvalue weighted by molar-refractivity contribution is 5.39. The third-order valence-corrected chi connectivity index (χ3v) is 13.2. The van der Waals surface area contributed by atoms with Crippen LogP contribution in [0.5, 0.6) is 0 Å². The predicted octanol–water partition coefficient (Wildman–Crippen LogP) is 8.17. The molecule has 0 amide bonds. The van der Waals surface area contributed by atoms with Gasteiger partial charge in [-0.2, -0.15) is 0 Å². The van der Waals surface area contributed by atoms with Crippen molar-refractivity contribution in [2.45, 2.75) is 126 Å². The van der Waals surface area contributed by atoms with Crippen molar-refractivity contribution < 1.29 is 5.11 Å². The van der Waals surface area contributed by atoms with Crippen molar-refractivity contribution in [3.63, 3.8) is 0 Å². The lowest BCUT2D eigenvalue weighted by atomic mass is 9.37. The third kappa shape index (κ3) is 2.60. The molecule has 176 valence electrons. The summed E-state index contributed by atoms with van der Waals surface area (Å²) in [6.45, 7) is 20.4. The van der Waals surface area contributed by atoms with Gasteiger partial charge >= 0.3 is 0 Å². The van der Waals surface area contributed by atoms with E-state index in [4.69, 9.17) is 0 Å². The largest absolute Gasteiger partial charge is 0.393 e. The van der Waals surface area contributed by atoms with Gasteiger partial charge in [-0.1, -0.05) is 66.5 Å². The second kappa shape index (κ2) is 6.64. The Hall–Kier alpha value is -0.300. The Kier molecular flexibility index (Phi) is 4.82.